The Morgan fingerprint density at radius 3 is 2.20 bits per heavy atom. The molecule has 0 saturated heterocycles. The standard InChI is InChI=1S/C34H40O7/c1-18(2)14-21-26-23(41-31-27(21)30(38)33(5,6)32(39)34(31,7)8)17-24(28(29(26)37)22(35)15-19(3)4)40-25(36)16-20-12-10-9-11-13-20/h9-13,17-19,21,37H,14-16H2,1-8H3. The predicted octanol–water partition coefficient (Wildman–Crippen LogP) is 6.75. The monoisotopic (exact) mass is 560 g/mol. The van der Waals surface area contributed by atoms with E-state index in [9.17, 15) is 24.3 Å². The number of hydrogen-bond donors (Lipinski definition) is 1. The lowest BCUT2D eigenvalue weighted by Gasteiger charge is -2.45. The van der Waals surface area contributed by atoms with Gasteiger partial charge in [0.05, 0.1) is 17.3 Å². The van der Waals surface area contributed by atoms with Crippen molar-refractivity contribution in [2.24, 2.45) is 22.7 Å². The van der Waals surface area contributed by atoms with Crippen molar-refractivity contribution in [3.63, 3.8) is 0 Å². The fourth-order valence-corrected chi connectivity index (χ4v) is 6.03. The number of esters is 1. The maximum atomic E-state index is 13.9. The van der Waals surface area contributed by atoms with E-state index in [1.54, 1.807) is 39.8 Å². The summed E-state index contributed by atoms with van der Waals surface area (Å²) in [5.74, 6) is -2.16. The molecule has 1 heterocycles. The third kappa shape index (κ3) is 5.46. The minimum atomic E-state index is -1.28. The first-order chi connectivity index (χ1) is 19.1. The Kier molecular flexibility index (Phi) is 8.05. The topological polar surface area (TPSA) is 107 Å². The van der Waals surface area contributed by atoms with Crippen LogP contribution < -0.4 is 9.47 Å². The Morgan fingerprint density at radius 2 is 1.61 bits per heavy atom. The Morgan fingerprint density at radius 1 is 0.976 bits per heavy atom. The molecule has 41 heavy (non-hydrogen) atoms. The third-order valence-electron chi connectivity index (χ3n) is 7.93. The first-order valence-corrected chi connectivity index (χ1v) is 14.3. The molecular weight excluding hydrogens is 520 g/mol. The second kappa shape index (κ2) is 10.9. The summed E-state index contributed by atoms with van der Waals surface area (Å²) in [6.45, 7) is 14.5. The molecule has 1 atom stereocenters. The van der Waals surface area contributed by atoms with Crippen LogP contribution in [0, 0.1) is 22.7 Å². The number of rotatable bonds is 8. The molecule has 1 N–H and O–H groups in total. The van der Waals surface area contributed by atoms with Crippen LogP contribution in [0.4, 0.5) is 0 Å². The van der Waals surface area contributed by atoms with Crippen molar-refractivity contribution >= 4 is 23.3 Å². The predicted molar refractivity (Wildman–Crippen MR) is 155 cm³/mol. The van der Waals surface area contributed by atoms with Crippen molar-refractivity contribution in [1.29, 1.82) is 0 Å². The number of hydrogen-bond acceptors (Lipinski definition) is 7. The summed E-state index contributed by atoms with van der Waals surface area (Å²) in [5, 5.41) is 11.8. The average molecular weight is 561 g/mol. The maximum Gasteiger partial charge on any atom is 0.315 e. The summed E-state index contributed by atoms with van der Waals surface area (Å²) < 4.78 is 12.0. The molecule has 0 spiro atoms. The zero-order valence-electron chi connectivity index (χ0n) is 25.2. The normalized spacial score (nSPS) is 19.1. The van der Waals surface area contributed by atoms with Gasteiger partial charge in [0.25, 0.3) is 0 Å². The van der Waals surface area contributed by atoms with Crippen LogP contribution in [-0.4, -0.2) is 28.4 Å². The Labute approximate surface area is 241 Å². The maximum absolute atomic E-state index is 13.9. The van der Waals surface area contributed by atoms with Crippen molar-refractivity contribution in [3.05, 3.63) is 64.4 Å². The van der Waals surface area contributed by atoms with E-state index in [-0.39, 0.29) is 70.6 Å². The summed E-state index contributed by atoms with van der Waals surface area (Å²) >= 11 is 0. The molecule has 0 amide bonds. The summed E-state index contributed by atoms with van der Waals surface area (Å²) in [7, 11) is 0. The van der Waals surface area contributed by atoms with E-state index in [1.165, 1.54) is 6.07 Å². The lowest BCUT2D eigenvalue weighted by atomic mass is 9.59. The first kappa shape index (κ1) is 30.2. The van der Waals surface area contributed by atoms with Gasteiger partial charge in [-0.2, -0.15) is 0 Å². The number of ether oxygens (including phenoxy) is 2. The van der Waals surface area contributed by atoms with Crippen LogP contribution >= 0.6 is 0 Å². The smallest absolute Gasteiger partial charge is 0.315 e. The van der Waals surface area contributed by atoms with Crippen molar-refractivity contribution in [1.82, 2.24) is 0 Å². The van der Waals surface area contributed by atoms with Gasteiger partial charge >= 0.3 is 5.97 Å². The SMILES string of the molecule is CC(C)CC(=O)c1c(OC(=O)Cc2ccccc2)cc2c(c1O)C(CC(C)C)C1=C(O2)C(C)(C)C(=O)C(C)(C)C1=O. The lowest BCUT2D eigenvalue weighted by Crippen LogP contribution is -2.51. The van der Waals surface area contributed by atoms with Gasteiger partial charge in [-0.25, -0.2) is 0 Å². The lowest BCUT2D eigenvalue weighted by molar-refractivity contribution is -0.144. The van der Waals surface area contributed by atoms with Crippen LogP contribution in [0.15, 0.2) is 47.7 Å². The molecule has 0 fully saturated rings. The number of carbonyl (C=O) groups is 4. The van der Waals surface area contributed by atoms with Crippen LogP contribution in [0.25, 0.3) is 0 Å². The first-order valence-electron chi connectivity index (χ1n) is 14.3. The molecule has 1 unspecified atom stereocenters. The van der Waals surface area contributed by atoms with Crippen molar-refractivity contribution < 1.29 is 33.8 Å². The van der Waals surface area contributed by atoms with E-state index in [0.717, 1.165) is 5.56 Å². The molecule has 2 aromatic rings. The van der Waals surface area contributed by atoms with Crippen LogP contribution in [0.1, 0.15) is 95.6 Å². The van der Waals surface area contributed by atoms with E-state index < -0.39 is 22.7 Å². The Balaban J connectivity index is 1.92. The van der Waals surface area contributed by atoms with Crippen molar-refractivity contribution in [2.45, 2.75) is 80.6 Å². The highest BCUT2D eigenvalue weighted by atomic mass is 16.5. The van der Waals surface area contributed by atoms with Gasteiger partial charge in [0.15, 0.2) is 17.3 Å². The minimum Gasteiger partial charge on any atom is -0.507 e. The van der Waals surface area contributed by atoms with Crippen LogP contribution in [0.3, 0.4) is 0 Å². The van der Waals surface area contributed by atoms with Gasteiger partial charge in [-0.15, -0.1) is 0 Å². The zero-order chi connectivity index (χ0) is 30.4. The number of carbonyl (C=O) groups excluding carboxylic acids is 4. The van der Waals surface area contributed by atoms with Crippen LogP contribution in [-0.2, 0) is 20.8 Å². The molecule has 0 aromatic heterocycles. The summed E-state index contributed by atoms with van der Waals surface area (Å²) in [5.41, 5.74) is -1.10. The molecule has 1 aliphatic carbocycles. The molecule has 7 nitrogen and oxygen atoms in total. The molecule has 2 aliphatic rings. The quantitative estimate of drug-likeness (QED) is 0.165. The molecule has 2 aromatic carbocycles. The number of phenols is 1. The fraction of sp³-hybridized carbons (Fsp3) is 0.471. The highest BCUT2D eigenvalue weighted by molar-refractivity contribution is 6.20. The highest BCUT2D eigenvalue weighted by Gasteiger charge is 2.57. The van der Waals surface area contributed by atoms with E-state index in [1.807, 2.05) is 45.9 Å². The van der Waals surface area contributed by atoms with Gasteiger partial charge in [0.1, 0.15) is 28.6 Å². The molecule has 0 radical (unpaired) electrons. The average Bonchev–Trinajstić information content (AvgIpc) is 2.86. The Bertz CT molecular complexity index is 1440. The molecule has 1 aliphatic heterocycles. The van der Waals surface area contributed by atoms with Crippen molar-refractivity contribution in [3.8, 4) is 17.2 Å². The van der Waals surface area contributed by atoms with Gasteiger partial charge in [0, 0.05) is 29.5 Å². The molecule has 218 valence electrons. The number of phenolic OH excluding ortho intramolecular Hbond substituents is 1. The molecule has 0 saturated carbocycles. The van der Waals surface area contributed by atoms with Gasteiger partial charge in [0.2, 0.25) is 0 Å². The van der Waals surface area contributed by atoms with Gasteiger partial charge in [-0.1, -0.05) is 58.0 Å². The molecule has 4 rings (SSSR count). The van der Waals surface area contributed by atoms with E-state index >= 15 is 0 Å². The third-order valence-corrected chi connectivity index (χ3v) is 7.93. The van der Waals surface area contributed by atoms with Crippen LogP contribution in [0.2, 0.25) is 0 Å². The summed E-state index contributed by atoms with van der Waals surface area (Å²) in [4.78, 5) is 53.9. The fourth-order valence-electron chi connectivity index (χ4n) is 6.03. The second-order valence-corrected chi connectivity index (χ2v) is 13.1. The number of aromatic hydroxyl groups is 1. The summed E-state index contributed by atoms with van der Waals surface area (Å²) in [6, 6.07) is 10.5. The zero-order valence-corrected chi connectivity index (χ0v) is 25.2. The van der Waals surface area contributed by atoms with E-state index in [2.05, 4.69) is 0 Å². The summed E-state index contributed by atoms with van der Waals surface area (Å²) in [6.07, 6.45) is 0.556. The Hall–Kier alpha value is -3.74. The van der Waals surface area contributed by atoms with Gasteiger partial charge < -0.3 is 14.6 Å². The number of allylic oxidation sites excluding steroid dienone is 2. The van der Waals surface area contributed by atoms with Crippen molar-refractivity contribution in [2.75, 3.05) is 0 Å². The second-order valence-electron chi connectivity index (χ2n) is 13.1. The largest absolute Gasteiger partial charge is 0.507 e. The van der Waals surface area contributed by atoms with E-state index in [0.29, 0.717) is 17.6 Å². The minimum absolute atomic E-state index is 0.0182. The molecule has 0 bridgehead atoms. The highest BCUT2D eigenvalue weighted by Crippen LogP contribution is 2.57. The number of fused-ring (bicyclic) bond motifs is 1. The molecular formula is C34H40O7. The van der Waals surface area contributed by atoms with E-state index in [4.69, 9.17) is 9.47 Å². The van der Waals surface area contributed by atoms with Gasteiger partial charge in [-0.3, -0.25) is 19.2 Å². The number of Topliss-reactive ketones (excluding diaryl/α,β-unsaturated/α-hetero) is 3. The van der Waals surface area contributed by atoms with Gasteiger partial charge in [-0.05, 0) is 51.5 Å². The number of benzene rings is 2. The number of ketones is 3. The van der Waals surface area contributed by atoms with Crippen LogP contribution in [0.5, 0.6) is 17.2 Å². The molecule has 7 heteroatoms.